The van der Waals surface area contributed by atoms with Crippen molar-refractivity contribution in [3.63, 3.8) is 0 Å². The largest absolute Gasteiger partial charge is 0.460 e. The molecule has 1 aromatic carbocycles. The second kappa shape index (κ2) is 10.1. The number of esters is 1. The lowest BCUT2D eigenvalue weighted by Crippen LogP contribution is -2.14. The first-order chi connectivity index (χ1) is 10.1. The zero-order valence-corrected chi connectivity index (χ0v) is 12.6. The number of hydrogen-bond acceptors (Lipinski definition) is 6. The van der Waals surface area contributed by atoms with Crippen molar-refractivity contribution in [2.45, 2.75) is 6.92 Å². The van der Waals surface area contributed by atoms with Gasteiger partial charge < -0.3 is 24.7 Å². The molecule has 118 valence electrons. The van der Waals surface area contributed by atoms with Crippen LogP contribution in [-0.2, 0) is 18.9 Å². The number of carbonyl (C=O) groups is 1. The maximum Gasteiger partial charge on any atom is 0.338 e. The van der Waals surface area contributed by atoms with E-state index in [2.05, 4.69) is 0 Å². The van der Waals surface area contributed by atoms with E-state index in [1.54, 1.807) is 25.3 Å². The minimum absolute atomic E-state index is 0.200. The zero-order chi connectivity index (χ0) is 15.5. The molecule has 0 atom stereocenters. The lowest BCUT2D eigenvalue weighted by atomic mass is 10.1. The number of nitrogen functional groups attached to an aromatic ring is 1. The first-order valence-corrected chi connectivity index (χ1v) is 6.83. The van der Waals surface area contributed by atoms with Gasteiger partial charge in [0.05, 0.1) is 38.6 Å². The lowest BCUT2D eigenvalue weighted by Gasteiger charge is -2.08. The first kappa shape index (κ1) is 17.4. The number of carbonyl (C=O) groups excluding carboxylic acids is 1. The standard InChI is InChI=1S/C15H23NO5/c1-12-3-4-13(16)11-14(12)15(17)21-10-9-20-8-7-19-6-5-18-2/h3-4,11H,5-10,16H2,1-2H3. The molecule has 1 rings (SSSR count). The number of nitrogens with two attached hydrogens (primary N) is 1. The van der Waals surface area contributed by atoms with Crippen LogP contribution < -0.4 is 5.73 Å². The fourth-order valence-electron chi connectivity index (χ4n) is 1.59. The van der Waals surface area contributed by atoms with Gasteiger partial charge in [-0.2, -0.15) is 0 Å². The predicted molar refractivity (Wildman–Crippen MR) is 79.4 cm³/mol. The van der Waals surface area contributed by atoms with Crippen LogP contribution in [-0.4, -0.2) is 52.7 Å². The van der Waals surface area contributed by atoms with E-state index in [1.807, 2.05) is 6.92 Å². The highest BCUT2D eigenvalue weighted by atomic mass is 16.6. The summed E-state index contributed by atoms with van der Waals surface area (Å²) in [5, 5.41) is 0. The molecule has 0 saturated carbocycles. The second-order valence-corrected chi connectivity index (χ2v) is 4.43. The van der Waals surface area contributed by atoms with Crippen molar-refractivity contribution in [2.24, 2.45) is 0 Å². The molecule has 0 saturated heterocycles. The van der Waals surface area contributed by atoms with Crippen LogP contribution in [0.2, 0.25) is 0 Å². The smallest absolute Gasteiger partial charge is 0.338 e. The molecule has 0 aliphatic rings. The van der Waals surface area contributed by atoms with E-state index in [0.717, 1.165) is 5.56 Å². The molecule has 0 aromatic heterocycles. The van der Waals surface area contributed by atoms with Crippen LogP contribution in [0.4, 0.5) is 5.69 Å². The number of anilines is 1. The van der Waals surface area contributed by atoms with Crippen LogP contribution >= 0.6 is 0 Å². The van der Waals surface area contributed by atoms with Gasteiger partial charge in [0, 0.05) is 12.8 Å². The van der Waals surface area contributed by atoms with Gasteiger partial charge in [0.15, 0.2) is 0 Å². The fraction of sp³-hybridized carbons (Fsp3) is 0.533. The molecule has 0 aliphatic carbocycles. The van der Waals surface area contributed by atoms with E-state index in [4.69, 9.17) is 24.7 Å². The Bertz CT molecular complexity index is 436. The lowest BCUT2D eigenvalue weighted by molar-refractivity contribution is 0.00568. The monoisotopic (exact) mass is 297 g/mol. The third-order valence-electron chi connectivity index (χ3n) is 2.75. The Morgan fingerprint density at radius 1 is 1.05 bits per heavy atom. The van der Waals surface area contributed by atoms with Gasteiger partial charge in [0.25, 0.3) is 0 Å². The summed E-state index contributed by atoms with van der Waals surface area (Å²) in [5.74, 6) is -0.389. The zero-order valence-electron chi connectivity index (χ0n) is 12.6. The summed E-state index contributed by atoms with van der Waals surface area (Å²) in [6, 6.07) is 5.15. The van der Waals surface area contributed by atoms with E-state index in [9.17, 15) is 4.79 Å². The summed E-state index contributed by atoms with van der Waals surface area (Å²) in [6.07, 6.45) is 0. The third kappa shape index (κ3) is 7.08. The van der Waals surface area contributed by atoms with Crippen molar-refractivity contribution in [1.82, 2.24) is 0 Å². The number of benzene rings is 1. The molecule has 1 aromatic rings. The van der Waals surface area contributed by atoms with Gasteiger partial charge in [-0.3, -0.25) is 0 Å². The Balaban J connectivity index is 2.12. The fourth-order valence-corrected chi connectivity index (χ4v) is 1.59. The molecule has 0 heterocycles. The SMILES string of the molecule is COCCOCCOCCOC(=O)c1cc(N)ccc1C. The predicted octanol–water partition coefficient (Wildman–Crippen LogP) is 1.41. The van der Waals surface area contributed by atoms with Crippen LogP contribution in [0.3, 0.4) is 0 Å². The van der Waals surface area contributed by atoms with Crippen molar-refractivity contribution in [1.29, 1.82) is 0 Å². The van der Waals surface area contributed by atoms with Crippen molar-refractivity contribution < 1.29 is 23.7 Å². The summed E-state index contributed by atoms with van der Waals surface area (Å²) >= 11 is 0. The molecule has 0 spiro atoms. The van der Waals surface area contributed by atoms with Crippen LogP contribution in [0.15, 0.2) is 18.2 Å². The van der Waals surface area contributed by atoms with E-state index in [-0.39, 0.29) is 12.6 Å². The molecule has 0 aliphatic heterocycles. The highest BCUT2D eigenvalue weighted by Crippen LogP contribution is 2.13. The molecule has 0 fully saturated rings. The minimum atomic E-state index is -0.389. The van der Waals surface area contributed by atoms with Gasteiger partial charge in [0.1, 0.15) is 6.61 Å². The van der Waals surface area contributed by atoms with Crippen molar-refractivity contribution in [3.05, 3.63) is 29.3 Å². The van der Waals surface area contributed by atoms with Crippen LogP contribution in [0.25, 0.3) is 0 Å². The molecule has 0 bridgehead atoms. The Kier molecular flexibility index (Phi) is 8.42. The number of aryl methyl sites for hydroxylation is 1. The molecule has 0 unspecified atom stereocenters. The van der Waals surface area contributed by atoms with Crippen LogP contribution in [0.1, 0.15) is 15.9 Å². The average molecular weight is 297 g/mol. The van der Waals surface area contributed by atoms with Gasteiger partial charge in [-0.1, -0.05) is 6.07 Å². The number of ether oxygens (including phenoxy) is 4. The summed E-state index contributed by atoms with van der Waals surface area (Å²) in [5.41, 5.74) is 7.51. The van der Waals surface area contributed by atoms with Gasteiger partial charge >= 0.3 is 5.97 Å². The van der Waals surface area contributed by atoms with Crippen molar-refractivity contribution in [3.8, 4) is 0 Å². The molecular weight excluding hydrogens is 274 g/mol. The normalized spacial score (nSPS) is 10.6. The van der Waals surface area contributed by atoms with E-state index in [0.29, 0.717) is 44.3 Å². The highest BCUT2D eigenvalue weighted by molar-refractivity contribution is 5.92. The van der Waals surface area contributed by atoms with Crippen LogP contribution in [0, 0.1) is 6.92 Å². The van der Waals surface area contributed by atoms with Crippen molar-refractivity contribution in [2.75, 3.05) is 52.5 Å². The number of rotatable bonds is 10. The van der Waals surface area contributed by atoms with E-state index >= 15 is 0 Å². The van der Waals surface area contributed by atoms with Crippen LogP contribution in [0.5, 0.6) is 0 Å². The van der Waals surface area contributed by atoms with Crippen molar-refractivity contribution >= 4 is 11.7 Å². The summed E-state index contributed by atoms with van der Waals surface area (Å²) in [6.45, 7) is 4.43. The minimum Gasteiger partial charge on any atom is -0.460 e. The maximum atomic E-state index is 11.9. The van der Waals surface area contributed by atoms with Gasteiger partial charge in [-0.05, 0) is 24.6 Å². The van der Waals surface area contributed by atoms with E-state index in [1.165, 1.54) is 0 Å². The Labute approximate surface area is 125 Å². The molecule has 6 heteroatoms. The topological polar surface area (TPSA) is 80.0 Å². The second-order valence-electron chi connectivity index (χ2n) is 4.43. The summed E-state index contributed by atoms with van der Waals surface area (Å²) < 4.78 is 20.5. The van der Waals surface area contributed by atoms with Gasteiger partial charge in [0.2, 0.25) is 0 Å². The average Bonchev–Trinajstić information content (AvgIpc) is 2.48. The quantitative estimate of drug-likeness (QED) is 0.399. The number of hydrogen-bond donors (Lipinski definition) is 1. The van der Waals surface area contributed by atoms with Gasteiger partial charge in [-0.25, -0.2) is 4.79 Å². The first-order valence-electron chi connectivity index (χ1n) is 6.83. The third-order valence-corrected chi connectivity index (χ3v) is 2.75. The Morgan fingerprint density at radius 2 is 1.67 bits per heavy atom. The Hall–Kier alpha value is -1.63. The molecule has 6 nitrogen and oxygen atoms in total. The molecule has 21 heavy (non-hydrogen) atoms. The Morgan fingerprint density at radius 3 is 2.33 bits per heavy atom. The number of methoxy groups -OCH3 is 1. The maximum absolute atomic E-state index is 11.9. The summed E-state index contributed by atoms with van der Waals surface area (Å²) in [7, 11) is 1.62. The highest BCUT2D eigenvalue weighted by Gasteiger charge is 2.10. The summed E-state index contributed by atoms with van der Waals surface area (Å²) in [4.78, 5) is 11.9. The van der Waals surface area contributed by atoms with E-state index < -0.39 is 0 Å². The molecule has 2 N–H and O–H groups in total. The molecular formula is C15H23NO5. The molecule has 0 amide bonds. The van der Waals surface area contributed by atoms with Gasteiger partial charge in [-0.15, -0.1) is 0 Å². The molecule has 0 radical (unpaired) electrons.